The van der Waals surface area contributed by atoms with Gasteiger partial charge in [-0.15, -0.1) is 0 Å². The Labute approximate surface area is 128 Å². The van der Waals surface area contributed by atoms with E-state index in [4.69, 9.17) is 0 Å². The number of aryl methyl sites for hydroxylation is 2. The van der Waals surface area contributed by atoms with Gasteiger partial charge in [0.15, 0.2) is 0 Å². The third kappa shape index (κ3) is 3.28. The second-order valence-electron chi connectivity index (χ2n) is 5.50. The molecule has 1 aliphatic carbocycles. The van der Waals surface area contributed by atoms with E-state index in [1.165, 1.54) is 22.0 Å². The maximum Gasteiger partial charge on any atom is 0.0544 e. The highest BCUT2D eigenvalue weighted by atomic mass is 79.9. The van der Waals surface area contributed by atoms with Crippen molar-refractivity contribution in [2.75, 3.05) is 0 Å². The maximum atomic E-state index is 4.54. The number of halogens is 1. The van der Waals surface area contributed by atoms with Crippen LogP contribution in [0.5, 0.6) is 0 Å². The summed E-state index contributed by atoms with van der Waals surface area (Å²) in [6.45, 7) is 2.90. The van der Waals surface area contributed by atoms with Gasteiger partial charge in [-0.25, -0.2) is 0 Å². The number of nitrogens with zero attached hydrogens (tertiary/aromatic N) is 1. The Morgan fingerprint density at radius 2 is 2.15 bits per heavy atom. The second kappa shape index (κ2) is 6.06. The van der Waals surface area contributed by atoms with E-state index in [1.807, 2.05) is 13.0 Å². The molecule has 0 saturated carbocycles. The zero-order valence-corrected chi connectivity index (χ0v) is 13.3. The third-order valence-electron chi connectivity index (χ3n) is 3.91. The van der Waals surface area contributed by atoms with Gasteiger partial charge in [-0.1, -0.05) is 28.1 Å². The number of fused-ring (bicyclic) bond motifs is 1. The summed E-state index contributed by atoms with van der Waals surface area (Å²) >= 11 is 3.55. The first-order chi connectivity index (χ1) is 9.70. The number of benzene rings is 1. The summed E-state index contributed by atoms with van der Waals surface area (Å²) in [4.78, 5) is 4.54. The molecule has 1 aromatic carbocycles. The Morgan fingerprint density at radius 3 is 3.00 bits per heavy atom. The van der Waals surface area contributed by atoms with E-state index >= 15 is 0 Å². The Kier molecular flexibility index (Phi) is 4.18. The van der Waals surface area contributed by atoms with Gasteiger partial charge in [0.2, 0.25) is 0 Å². The first kappa shape index (κ1) is 13.8. The number of aromatic nitrogens is 1. The fraction of sp³-hybridized carbons (Fsp3) is 0.353. The lowest BCUT2D eigenvalue weighted by Crippen LogP contribution is -2.34. The summed E-state index contributed by atoms with van der Waals surface area (Å²) in [5.74, 6) is 0. The number of pyridine rings is 1. The molecule has 1 N–H and O–H groups in total. The molecule has 0 spiro atoms. The van der Waals surface area contributed by atoms with Crippen LogP contribution in [0.3, 0.4) is 0 Å². The van der Waals surface area contributed by atoms with Crippen LogP contribution in [0.15, 0.2) is 40.9 Å². The highest BCUT2D eigenvalue weighted by Crippen LogP contribution is 2.24. The Bertz CT molecular complexity index is 610. The zero-order chi connectivity index (χ0) is 13.9. The van der Waals surface area contributed by atoms with Crippen LogP contribution >= 0.6 is 15.9 Å². The highest BCUT2D eigenvalue weighted by molar-refractivity contribution is 9.10. The minimum atomic E-state index is 0.561. The molecule has 1 atom stereocenters. The van der Waals surface area contributed by atoms with Crippen molar-refractivity contribution in [1.29, 1.82) is 0 Å². The van der Waals surface area contributed by atoms with Gasteiger partial charge >= 0.3 is 0 Å². The molecule has 1 aromatic heterocycles. The summed E-state index contributed by atoms with van der Waals surface area (Å²) in [5.41, 5.74) is 5.19. The monoisotopic (exact) mass is 330 g/mol. The molecule has 2 nitrogen and oxygen atoms in total. The Morgan fingerprint density at radius 1 is 1.25 bits per heavy atom. The molecule has 20 heavy (non-hydrogen) atoms. The minimum absolute atomic E-state index is 0.561. The molecule has 104 valence electrons. The number of hydrogen-bond donors (Lipinski definition) is 1. The van der Waals surface area contributed by atoms with E-state index in [0.29, 0.717) is 6.04 Å². The van der Waals surface area contributed by atoms with Crippen LogP contribution in [0.25, 0.3) is 0 Å². The molecule has 0 amide bonds. The molecule has 0 radical (unpaired) electrons. The minimum Gasteiger partial charge on any atom is -0.308 e. The van der Waals surface area contributed by atoms with Gasteiger partial charge in [-0.05, 0) is 61.6 Å². The topological polar surface area (TPSA) is 24.9 Å². The van der Waals surface area contributed by atoms with Crippen molar-refractivity contribution in [1.82, 2.24) is 10.3 Å². The molecule has 0 bridgehead atoms. The standard InChI is InChI=1S/C17H19BrN2/c1-12-3-2-4-17(20-12)11-19-16-8-6-13-9-15(18)7-5-14(13)10-16/h2-5,7,9,16,19H,6,8,10-11H2,1H3. The molecule has 0 saturated heterocycles. The van der Waals surface area contributed by atoms with Crippen molar-refractivity contribution in [3.63, 3.8) is 0 Å². The Hall–Kier alpha value is -1.19. The lowest BCUT2D eigenvalue weighted by atomic mass is 9.88. The molecule has 1 aliphatic rings. The highest BCUT2D eigenvalue weighted by Gasteiger charge is 2.18. The summed E-state index contributed by atoms with van der Waals surface area (Å²) < 4.78 is 1.19. The average Bonchev–Trinajstić information content (AvgIpc) is 2.45. The molecular weight excluding hydrogens is 312 g/mol. The van der Waals surface area contributed by atoms with E-state index < -0.39 is 0 Å². The van der Waals surface area contributed by atoms with Crippen molar-refractivity contribution in [2.45, 2.75) is 38.8 Å². The van der Waals surface area contributed by atoms with Crippen LogP contribution in [0.4, 0.5) is 0 Å². The SMILES string of the molecule is Cc1cccc(CNC2CCc3cc(Br)ccc3C2)n1. The van der Waals surface area contributed by atoms with Gasteiger partial charge in [-0.2, -0.15) is 0 Å². The fourth-order valence-corrected chi connectivity index (χ4v) is 3.25. The molecule has 3 heteroatoms. The van der Waals surface area contributed by atoms with Crippen LogP contribution in [0.2, 0.25) is 0 Å². The van der Waals surface area contributed by atoms with Crippen LogP contribution in [0.1, 0.15) is 28.9 Å². The van der Waals surface area contributed by atoms with Gasteiger partial charge < -0.3 is 5.32 Å². The molecule has 2 aromatic rings. The van der Waals surface area contributed by atoms with Gasteiger partial charge in [0, 0.05) is 22.8 Å². The van der Waals surface area contributed by atoms with E-state index in [1.54, 1.807) is 0 Å². The smallest absolute Gasteiger partial charge is 0.0544 e. The van der Waals surface area contributed by atoms with Crippen molar-refractivity contribution in [3.05, 3.63) is 63.4 Å². The van der Waals surface area contributed by atoms with Gasteiger partial charge in [0.1, 0.15) is 0 Å². The van der Waals surface area contributed by atoms with E-state index in [0.717, 1.165) is 30.8 Å². The summed E-state index contributed by atoms with van der Waals surface area (Å²) in [6.07, 6.45) is 3.48. The van der Waals surface area contributed by atoms with Crippen molar-refractivity contribution in [2.24, 2.45) is 0 Å². The fourth-order valence-electron chi connectivity index (χ4n) is 2.84. The van der Waals surface area contributed by atoms with Crippen molar-refractivity contribution >= 4 is 15.9 Å². The predicted molar refractivity (Wildman–Crippen MR) is 85.8 cm³/mol. The molecule has 1 heterocycles. The van der Waals surface area contributed by atoms with Gasteiger partial charge in [0.05, 0.1) is 5.69 Å². The van der Waals surface area contributed by atoms with Crippen LogP contribution in [0, 0.1) is 6.92 Å². The lowest BCUT2D eigenvalue weighted by molar-refractivity contribution is 0.454. The number of hydrogen-bond acceptors (Lipinski definition) is 2. The first-order valence-electron chi connectivity index (χ1n) is 7.14. The zero-order valence-electron chi connectivity index (χ0n) is 11.7. The summed E-state index contributed by atoms with van der Waals surface area (Å²) in [5, 5.41) is 3.65. The van der Waals surface area contributed by atoms with Gasteiger partial charge in [-0.3, -0.25) is 4.98 Å². The molecule has 0 aliphatic heterocycles. The van der Waals surface area contributed by atoms with Crippen molar-refractivity contribution in [3.8, 4) is 0 Å². The average molecular weight is 331 g/mol. The molecule has 3 rings (SSSR count). The van der Waals surface area contributed by atoms with E-state index in [-0.39, 0.29) is 0 Å². The summed E-state index contributed by atoms with van der Waals surface area (Å²) in [7, 11) is 0. The Balaban J connectivity index is 1.62. The predicted octanol–water partition coefficient (Wildman–Crippen LogP) is 3.80. The number of nitrogens with one attached hydrogen (secondary N) is 1. The normalized spacial score (nSPS) is 17.8. The second-order valence-corrected chi connectivity index (χ2v) is 6.42. The quantitative estimate of drug-likeness (QED) is 0.925. The van der Waals surface area contributed by atoms with E-state index in [2.05, 4.69) is 56.6 Å². The number of rotatable bonds is 3. The molecular formula is C17H19BrN2. The summed E-state index contributed by atoms with van der Waals surface area (Å²) in [6, 6.07) is 13.4. The first-order valence-corrected chi connectivity index (χ1v) is 7.93. The van der Waals surface area contributed by atoms with Crippen LogP contribution in [-0.4, -0.2) is 11.0 Å². The van der Waals surface area contributed by atoms with Crippen LogP contribution < -0.4 is 5.32 Å². The third-order valence-corrected chi connectivity index (χ3v) is 4.41. The van der Waals surface area contributed by atoms with Crippen LogP contribution in [-0.2, 0) is 19.4 Å². The maximum absolute atomic E-state index is 4.54. The van der Waals surface area contributed by atoms with E-state index in [9.17, 15) is 0 Å². The largest absolute Gasteiger partial charge is 0.308 e. The lowest BCUT2D eigenvalue weighted by Gasteiger charge is -2.25. The molecule has 0 fully saturated rings. The molecule has 1 unspecified atom stereocenters. The van der Waals surface area contributed by atoms with Crippen molar-refractivity contribution < 1.29 is 0 Å². The van der Waals surface area contributed by atoms with Gasteiger partial charge in [0.25, 0.3) is 0 Å².